The highest BCUT2D eigenvalue weighted by molar-refractivity contribution is 5.89. The zero-order chi connectivity index (χ0) is 20.3. The van der Waals surface area contributed by atoms with Crippen LogP contribution in [0.25, 0.3) is 11.1 Å². The largest absolute Gasteiger partial charge is 0.333 e. The molecule has 1 fully saturated rings. The number of carbonyl (C=O) groups excluding carboxylic acids is 1. The van der Waals surface area contributed by atoms with Crippen LogP contribution in [0.2, 0.25) is 0 Å². The van der Waals surface area contributed by atoms with Crippen LogP contribution in [0.15, 0.2) is 67.0 Å². The molecule has 0 bridgehead atoms. The minimum absolute atomic E-state index is 0.00454. The van der Waals surface area contributed by atoms with Crippen molar-refractivity contribution in [1.82, 2.24) is 19.4 Å². The van der Waals surface area contributed by atoms with E-state index < -0.39 is 0 Å². The highest BCUT2D eigenvalue weighted by atomic mass is 16.2. The molecule has 0 unspecified atom stereocenters. The van der Waals surface area contributed by atoms with Gasteiger partial charge in [0, 0.05) is 50.3 Å². The molecule has 1 aromatic heterocycles. The Kier molecular flexibility index (Phi) is 5.24. The van der Waals surface area contributed by atoms with Gasteiger partial charge in [-0.3, -0.25) is 4.90 Å². The Labute approximate surface area is 177 Å². The fourth-order valence-corrected chi connectivity index (χ4v) is 4.52. The smallest absolute Gasteiger partial charge is 0.321 e. The summed E-state index contributed by atoms with van der Waals surface area (Å²) < 4.78 is 2.24. The number of amides is 2. The molecule has 1 N–H and O–H groups in total. The SMILES string of the molecule is O=C(Nc1ccc(-c2ccccc2)cc1)N1CCC(N2CCn3ccnc3C2)CC1. The van der Waals surface area contributed by atoms with Gasteiger partial charge in [-0.2, -0.15) is 0 Å². The van der Waals surface area contributed by atoms with E-state index >= 15 is 0 Å². The molecule has 0 spiro atoms. The number of carbonyl (C=O) groups is 1. The predicted octanol–water partition coefficient (Wildman–Crippen LogP) is 4.06. The molecule has 5 rings (SSSR count). The molecule has 2 aliphatic rings. The number of hydrogen-bond acceptors (Lipinski definition) is 3. The summed E-state index contributed by atoms with van der Waals surface area (Å²) in [6, 6.07) is 18.8. The van der Waals surface area contributed by atoms with Gasteiger partial charge < -0.3 is 14.8 Å². The maximum atomic E-state index is 12.7. The van der Waals surface area contributed by atoms with Gasteiger partial charge in [-0.15, -0.1) is 0 Å². The molecule has 3 aromatic rings. The van der Waals surface area contributed by atoms with Crippen LogP contribution in [0.4, 0.5) is 10.5 Å². The Balaban J connectivity index is 1.14. The lowest BCUT2D eigenvalue weighted by Gasteiger charge is -2.40. The summed E-state index contributed by atoms with van der Waals surface area (Å²) in [7, 11) is 0. The number of hydrogen-bond donors (Lipinski definition) is 1. The van der Waals surface area contributed by atoms with Gasteiger partial charge in [0.2, 0.25) is 0 Å². The molecule has 0 aliphatic carbocycles. The zero-order valence-corrected chi connectivity index (χ0v) is 17.1. The molecule has 2 aromatic carbocycles. The van der Waals surface area contributed by atoms with E-state index in [4.69, 9.17) is 0 Å². The Bertz CT molecular complexity index is 990. The number of aromatic nitrogens is 2. The van der Waals surface area contributed by atoms with Crippen molar-refractivity contribution in [3.05, 3.63) is 72.8 Å². The first kappa shape index (κ1) is 18.9. The molecule has 2 amide bonds. The van der Waals surface area contributed by atoms with Gasteiger partial charge in [-0.05, 0) is 36.1 Å². The normalized spacial score (nSPS) is 17.5. The third-order valence-electron chi connectivity index (χ3n) is 6.29. The minimum atomic E-state index is -0.00454. The third-order valence-corrected chi connectivity index (χ3v) is 6.29. The third kappa shape index (κ3) is 3.96. The number of anilines is 1. The molecule has 6 nitrogen and oxygen atoms in total. The number of imidazole rings is 1. The molecule has 0 saturated carbocycles. The standard InChI is InChI=1S/C24H27N5O/c30-24(26-21-8-6-20(7-9-21)19-4-2-1-3-5-19)28-13-10-22(11-14-28)29-17-16-27-15-12-25-23(27)18-29/h1-9,12,15,22H,10-11,13-14,16-18H2,(H,26,30). The fourth-order valence-electron chi connectivity index (χ4n) is 4.52. The van der Waals surface area contributed by atoms with Gasteiger partial charge in [0.15, 0.2) is 0 Å². The number of piperidine rings is 1. The monoisotopic (exact) mass is 401 g/mol. The van der Waals surface area contributed by atoms with Crippen LogP contribution in [-0.4, -0.2) is 51.1 Å². The number of urea groups is 1. The van der Waals surface area contributed by atoms with Gasteiger partial charge in [-0.25, -0.2) is 9.78 Å². The maximum Gasteiger partial charge on any atom is 0.321 e. The first-order valence-corrected chi connectivity index (χ1v) is 10.7. The highest BCUT2D eigenvalue weighted by Gasteiger charge is 2.29. The summed E-state index contributed by atoms with van der Waals surface area (Å²) in [5.41, 5.74) is 3.17. The Morgan fingerprint density at radius 1 is 0.900 bits per heavy atom. The van der Waals surface area contributed by atoms with Gasteiger partial charge in [-0.1, -0.05) is 42.5 Å². The van der Waals surface area contributed by atoms with Crippen LogP contribution in [0.3, 0.4) is 0 Å². The summed E-state index contributed by atoms with van der Waals surface area (Å²) in [5.74, 6) is 1.15. The van der Waals surface area contributed by atoms with Crippen molar-refractivity contribution in [3.8, 4) is 11.1 Å². The van der Waals surface area contributed by atoms with Crippen LogP contribution in [0.1, 0.15) is 18.7 Å². The van der Waals surface area contributed by atoms with E-state index in [0.717, 1.165) is 62.6 Å². The highest BCUT2D eigenvalue weighted by Crippen LogP contribution is 2.23. The number of fused-ring (bicyclic) bond motifs is 1. The molecular formula is C24H27N5O. The van der Waals surface area contributed by atoms with Crippen molar-refractivity contribution in [3.63, 3.8) is 0 Å². The quantitative estimate of drug-likeness (QED) is 0.720. The van der Waals surface area contributed by atoms with E-state index in [9.17, 15) is 4.79 Å². The van der Waals surface area contributed by atoms with Crippen molar-refractivity contribution in [2.24, 2.45) is 0 Å². The van der Waals surface area contributed by atoms with E-state index in [0.29, 0.717) is 6.04 Å². The first-order chi connectivity index (χ1) is 14.8. The Morgan fingerprint density at radius 3 is 2.40 bits per heavy atom. The lowest BCUT2D eigenvalue weighted by molar-refractivity contribution is 0.0971. The maximum absolute atomic E-state index is 12.7. The van der Waals surface area contributed by atoms with Crippen LogP contribution in [0.5, 0.6) is 0 Å². The van der Waals surface area contributed by atoms with E-state index in [-0.39, 0.29) is 6.03 Å². The Hall–Kier alpha value is -3.12. The average Bonchev–Trinajstić information content (AvgIpc) is 3.28. The predicted molar refractivity (Wildman–Crippen MR) is 118 cm³/mol. The molecule has 0 atom stereocenters. The lowest BCUT2D eigenvalue weighted by atomic mass is 10.0. The second kappa shape index (κ2) is 8.32. The van der Waals surface area contributed by atoms with Crippen molar-refractivity contribution in [2.75, 3.05) is 25.0 Å². The first-order valence-electron chi connectivity index (χ1n) is 10.7. The summed E-state index contributed by atoms with van der Waals surface area (Å²) in [4.78, 5) is 21.7. The van der Waals surface area contributed by atoms with Gasteiger partial charge in [0.05, 0.1) is 6.54 Å². The second-order valence-electron chi connectivity index (χ2n) is 8.10. The van der Waals surface area contributed by atoms with E-state index in [1.807, 2.05) is 41.4 Å². The van der Waals surface area contributed by atoms with E-state index in [1.54, 1.807) is 0 Å². The Morgan fingerprint density at radius 2 is 1.63 bits per heavy atom. The molecular weight excluding hydrogens is 374 g/mol. The molecule has 154 valence electrons. The molecule has 2 aliphatic heterocycles. The summed E-state index contributed by atoms with van der Waals surface area (Å²) in [6.07, 6.45) is 5.98. The van der Waals surface area contributed by atoms with Crippen LogP contribution in [-0.2, 0) is 13.1 Å². The topological polar surface area (TPSA) is 53.4 Å². The molecule has 30 heavy (non-hydrogen) atoms. The number of benzene rings is 2. The number of likely N-dealkylation sites (tertiary alicyclic amines) is 1. The van der Waals surface area contributed by atoms with Gasteiger partial charge in [0.1, 0.15) is 5.82 Å². The fraction of sp³-hybridized carbons (Fsp3) is 0.333. The zero-order valence-electron chi connectivity index (χ0n) is 17.1. The molecule has 1 saturated heterocycles. The minimum Gasteiger partial charge on any atom is -0.333 e. The van der Waals surface area contributed by atoms with Crippen LogP contribution < -0.4 is 5.32 Å². The van der Waals surface area contributed by atoms with Crippen molar-refractivity contribution < 1.29 is 4.79 Å². The van der Waals surface area contributed by atoms with Gasteiger partial charge >= 0.3 is 6.03 Å². The van der Waals surface area contributed by atoms with Crippen molar-refractivity contribution in [1.29, 1.82) is 0 Å². The van der Waals surface area contributed by atoms with Crippen molar-refractivity contribution in [2.45, 2.75) is 32.0 Å². The van der Waals surface area contributed by atoms with E-state index in [1.165, 1.54) is 5.56 Å². The number of nitrogens with zero attached hydrogens (tertiary/aromatic N) is 4. The summed E-state index contributed by atoms with van der Waals surface area (Å²) >= 11 is 0. The molecule has 3 heterocycles. The number of nitrogens with one attached hydrogen (secondary N) is 1. The van der Waals surface area contributed by atoms with Crippen molar-refractivity contribution >= 4 is 11.7 Å². The van der Waals surface area contributed by atoms with Crippen LogP contribution >= 0.6 is 0 Å². The summed E-state index contributed by atoms with van der Waals surface area (Å²) in [6.45, 7) is 4.58. The second-order valence-corrected chi connectivity index (χ2v) is 8.10. The molecule has 6 heteroatoms. The molecule has 0 radical (unpaired) electrons. The summed E-state index contributed by atoms with van der Waals surface area (Å²) in [5, 5.41) is 3.05. The average molecular weight is 402 g/mol. The number of rotatable bonds is 3. The van der Waals surface area contributed by atoms with Crippen LogP contribution in [0, 0.1) is 0 Å². The lowest BCUT2D eigenvalue weighted by Crippen LogP contribution is -2.49. The van der Waals surface area contributed by atoms with E-state index in [2.05, 4.69) is 50.2 Å². The van der Waals surface area contributed by atoms with Gasteiger partial charge in [0.25, 0.3) is 0 Å².